The van der Waals surface area contributed by atoms with Gasteiger partial charge in [0.15, 0.2) is 0 Å². The third kappa shape index (κ3) is 4.90. The number of hydrogen-bond donors (Lipinski definition) is 2. The fourth-order valence-corrected chi connectivity index (χ4v) is 2.44. The summed E-state index contributed by atoms with van der Waals surface area (Å²) in [6.07, 6.45) is 8.31. The highest BCUT2D eigenvalue weighted by molar-refractivity contribution is 5.13. The molecule has 19 heavy (non-hydrogen) atoms. The molecule has 106 valence electrons. The van der Waals surface area contributed by atoms with E-state index in [0.29, 0.717) is 19.3 Å². The molecular formula is C15H24N2O2. The number of rotatable bonds is 7. The Morgan fingerprint density at radius 1 is 1.37 bits per heavy atom. The number of aliphatic hydroxyl groups is 1. The SMILES string of the molecule is C[C@H](NCC(O)COC1CCCC1)c1ccncc1. The van der Waals surface area contributed by atoms with Gasteiger partial charge in [0.1, 0.15) is 0 Å². The lowest BCUT2D eigenvalue weighted by Crippen LogP contribution is -2.33. The zero-order valence-electron chi connectivity index (χ0n) is 11.6. The van der Waals surface area contributed by atoms with E-state index in [9.17, 15) is 5.11 Å². The number of hydrogen-bond acceptors (Lipinski definition) is 4. The van der Waals surface area contributed by atoms with Crippen LogP contribution < -0.4 is 5.32 Å². The van der Waals surface area contributed by atoms with Crippen molar-refractivity contribution in [2.24, 2.45) is 0 Å². The molecule has 2 N–H and O–H groups in total. The van der Waals surface area contributed by atoms with Crippen molar-refractivity contribution < 1.29 is 9.84 Å². The summed E-state index contributed by atoms with van der Waals surface area (Å²) in [4.78, 5) is 4.00. The Kier molecular flexibility index (Phi) is 5.76. The molecule has 1 aromatic rings. The number of ether oxygens (including phenoxy) is 1. The standard InChI is InChI=1S/C15H24N2O2/c1-12(13-6-8-16-9-7-13)17-10-14(18)11-19-15-4-2-3-5-15/h6-9,12,14-15,17-18H,2-5,10-11H2,1H3/t12-,14?/m0/s1. The number of nitrogens with zero attached hydrogens (tertiary/aromatic N) is 1. The third-order valence-corrected chi connectivity index (χ3v) is 3.69. The second kappa shape index (κ2) is 7.58. The highest BCUT2D eigenvalue weighted by atomic mass is 16.5. The summed E-state index contributed by atoms with van der Waals surface area (Å²) in [6.45, 7) is 3.07. The summed E-state index contributed by atoms with van der Waals surface area (Å²) in [5, 5.41) is 13.2. The van der Waals surface area contributed by atoms with Crippen LogP contribution in [0.25, 0.3) is 0 Å². The molecule has 2 rings (SSSR count). The van der Waals surface area contributed by atoms with E-state index in [-0.39, 0.29) is 6.04 Å². The van der Waals surface area contributed by atoms with Crippen molar-refractivity contribution in [3.63, 3.8) is 0 Å². The molecule has 1 unspecified atom stereocenters. The van der Waals surface area contributed by atoms with E-state index in [0.717, 1.165) is 12.8 Å². The van der Waals surface area contributed by atoms with E-state index >= 15 is 0 Å². The predicted octanol–water partition coefficient (Wildman–Crippen LogP) is 2.05. The van der Waals surface area contributed by atoms with Crippen LogP contribution in [-0.4, -0.2) is 35.5 Å². The Labute approximate surface area is 115 Å². The molecule has 0 aliphatic heterocycles. The van der Waals surface area contributed by atoms with Crippen molar-refractivity contribution in [2.45, 2.75) is 50.9 Å². The van der Waals surface area contributed by atoms with Crippen molar-refractivity contribution in [2.75, 3.05) is 13.2 Å². The van der Waals surface area contributed by atoms with Crippen molar-refractivity contribution in [3.05, 3.63) is 30.1 Å². The Morgan fingerprint density at radius 3 is 2.74 bits per heavy atom. The summed E-state index contributed by atoms with van der Waals surface area (Å²) < 4.78 is 5.70. The van der Waals surface area contributed by atoms with Crippen LogP contribution in [0, 0.1) is 0 Å². The maximum atomic E-state index is 9.91. The second-order valence-corrected chi connectivity index (χ2v) is 5.30. The molecule has 4 nitrogen and oxygen atoms in total. The summed E-state index contributed by atoms with van der Waals surface area (Å²) in [7, 11) is 0. The Morgan fingerprint density at radius 2 is 2.05 bits per heavy atom. The lowest BCUT2D eigenvalue weighted by Gasteiger charge is -2.19. The van der Waals surface area contributed by atoms with Gasteiger partial charge in [-0.05, 0) is 37.5 Å². The number of aliphatic hydroxyl groups excluding tert-OH is 1. The molecule has 1 aromatic heterocycles. The molecule has 0 amide bonds. The van der Waals surface area contributed by atoms with Crippen LogP contribution in [-0.2, 0) is 4.74 Å². The molecular weight excluding hydrogens is 240 g/mol. The van der Waals surface area contributed by atoms with Crippen molar-refractivity contribution >= 4 is 0 Å². The second-order valence-electron chi connectivity index (χ2n) is 5.30. The van der Waals surface area contributed by atoms with Gasteiger partial charge in [-0.15, -0.1) is 0 Å². The normalized spacial score (nSPS) is 19.5. The van der Waals surface area contributed by atoms with Crippen LogP contribution in [0.15, 0.2) is 24.5 Å². The van der Waals surface area contributed by atoms with Gasteiger partial charge in [0, 0.05) is 25.0 Å². The van der Waals surface area contributed by atoms with E-state index in [2.05, 4.69) is 17.2 Å². The summed E-state index contributed by atoms with van der Waals surface area (Å²) in [5.74, 6) is 0. The van der Waals surface area contributed by atoms with E-state index in [1.165, 1.54) is 18.4 Å². The van der Waals surface area contributed by atoms with Gasteiger partial charge >= 0.3 is 0 Å². The molecule has 1 aliphatic rings. The smallest absolute Gasteiger partial charge is 0.0898 e. The fraction of sp³-hybridized carbons (Fsp3) is 0.667. The largest absolute Gasteiger partial charge is 0.389 e. The molecule has 4 heteroatoms. The van der Waals surface area contributed by atoms with Crippen LogP contribution >= 0.6 is 0 Å². The molecule has 0 bridgehead atoms. The van der Waals surface area contributed by atoms with Crippen LogP contribution in [0.5, 0.6) is 0 Å². The van der Waals surface area contributed by atoms with Crippen molar-refractivity contribution in [3.8, 4) is 0 Å². The van der Waals surface area contributed by atoms with E-state index < -0.39 is 6.10 Å². The molecule has 0 saturated heterocycles. The minimum atomic E-state index is -0.440. The van der Waals surface area contributed by atoms with Gasteiger partial charge in [0.2, 0.25) is 0 Å². The highest BCUT2D eigenvalue weighted by Crippen LogP contribution is 2.20. The molecule has 1 fully saturated rings. The molecule has 0 radical (unpaired) electrons. The van der Waals surface area contributed by atoms with Gasteiger partial charge in [0.05, 0.1) is 18.8 Å². The molecule has 1 aliphatic carbocycles. The lowest BCUT2D eigenvalue weighted by molar-refractivity contribution is -0.00610. The van der Waals surface area contributed by atoms with Crippen LogP contribution in [0.4, 0.5) is 0 Å². The summed E-state index contributed by atoms with van der Waals surface area (Å²) in [5.41, 5.74) is 1.18. The van der Waals surface area contributed by atoms with Gasteiger partial charge in [0.25, 0.3) is 0 Å². The topological polar surface area (TPSA) is 54.4 Å². The minimum absolute atomic E-state index is 0.212. The van der Waals surface area contributed by atoms with Gasteiger partial charge in [-0.3, -0.25) is 4.98 Å². The first-order valence-corrected chi connectivity index (χ1v) is 7.18. The maximum absolute atomic E-state index is 9.91. The monoisotopic (exact) mass is 264 g/mol. The predicted molar refractivity (Wildman–Crippen MR) is 74.9 cm³/mol. The average molecular weight is 264 g/mol. The average Bonchev–Trinajstić information content (AvgIpc) is 2.96. The zero-order valence-corrected chi connectivity index (χ0v) is 11.6. The molecule has 1 heterocycles. The van der Waals surface area contributed by atoms with Crippen LogP contribution in [0.2, 0.25) is 0 Å². The summed E-state index contributed by atoms with van der Waals surface area (Å²) >= 11 is 0. The molecule has 2 atom stereocenters. The van der Waals surface area contributed by atoms with E-state index in [1.807, 2.05) is 12.1 Å². The molecule has 0 spiro atoms. The van der Waals surface area contributed by atoms with Gasteiger partial charge < -0.3 is 15.2 Å². The number of pyridine rings is 1. The molecule has 0 aromatic carbocycles. The minimum Gasteiger partial charge on any atom is -0.389 e. The number of nitrogens with one attached hydrogen (secondary N) is 1. The summed E-state index contributed by atoms with van der Waals surface area (Å²) in [6, 6.07) is 4.18. The van der Waals surface area contributed by atoms with Crippen LogP contribution in [0.3, 0.4) is 0 Å². The first-order chi connectivity index (χ1) is 9.25. The first kappa shape index (κ1) is 14.4. The van der Waals surface area contributed by atoms with Crippen LogP contribution in [0.1, 0.15) is 44.2 Å². The van der Waals surface area contributed by atoms with Gasteiger partial charge in [-0.2, -0.15) is 0 Å². The highest BCUT2D eigenvalue weighted by Gasteiger charge is 2.17. The Bertz CT molecular complexity index is 352. The molecule has 1 saturated carbocycles. The van der Waals surface area contributed by atoms with Gasteiger partial charge in [-0.1, -0.05) is 12.8 Å². The van der Waals surface area contributed by atoms with E-state index in [4.69, 9.17) is 4.74 Å². The quantitative estimate of drug-likeness (QED) is 0.791. The zero-order chi connectivity index (χ0) is 13.5. The third-order valence-electron chi connectivity index (χ3n) is 3.69. The van der Waals surface area contributed by atoms with Crippen molar-refractivity contribution in [1.82, 2.24) is 10.3 Å². The first-order valence-electron chi connectivity index (χ1n) is 7.18. The maximum Gasteiger partial charge on any atom is 0.0898 e. The number of aromatic nitrogens is 1. The Balaban J connectivity index is 1.64. The lowest BCUT2D eigenvalue weighted by atomic mass is 10.1. The van der Waals surface area contributed by atoms with E-state index in [1.54, 1.807) is 12.4 Å². The Hall–Kier alpha value is -0.970. The van der Waals surface area contributed by atoms with Gasteiger partial charge in [-0.25, -0.2) is 0 Å². The fourth-order valence-electron chi connectivity index (χ4n) is 2.44. The van der Waals surface area contributed by atoms with Crippen molar-refractivity contribution in [1.29, 1.82) is 0 Å².